The zero-order valence-electron chi connectivity index (χ0n) is 10.9. The zero-order chi connectivity index (χ0) is 12.5. The lowest BCUT2D eigenvalue weighted by Gasteiger charge is -2.12. The van der Waals surface area contributed by atoms with E-state index in [1.54, 1.807) is 11.8 Å². The van der Waals surface area contributed by atoms with Crippen LogP contribution in [0, 0.1) is 5.92 Å². The van der Waals surface area contributed by atoms with E-state index in [0.717, 1.165) is 31.1 Å². The van der Waals surface area contributed by atoms with Gasteiger partial charge in [0.05, 0.1) is 6.04 Å². The summed E-state index contributed by atoms with van der Waals surface area (Å²) < 4.78 is 0. The first-order valence-corrected chi connectivity index (χ1v) is 8.15. The second-order valence-electron chi connectivity index (χ2n) is 4.97. The Bertz CT molecular complexity index is 217. The molecule has 0 aromatic carbocycles. The molecule has 1 amide bonds. The Morgan fingerprint density at radius 2 is 2.18 bits per heavy atom. The highest BCUT2D eigenvalue weighted by Crippen LogP contribution is 2.28. The topological polar surface area (TPSA) is 55.1 Å². The normalized spacial score (nSPS) is 18.2. The van der Waals surface area contributed by atoms with Crippen molar-refractivity contribution in [3.63, 3.8) is 0 Å². The van der Waals surface area contributed by atoms with Crippen molar-refractivity contribution in [3.8, 4) is 0 Å². The molecule has 1 atom stereocenters. The van der Waals surface area contributed by atoms with Crippen molar-refractivity contribution in [1.82, 2.24) is 5.32 Å². The van der Waals surface area contributed by atoms with E-state index in [9.17, 15) is 4.79 Å². The fourth-order valence-corrected chi connectivity index (χ4v) is 2.90. The number of thioether (sulfide) groups is 1. The summed E-state index contributed by atoms with van der Waals surface area (Å²) in [5.74, 6) is 1.89. The number of carbonyl (C=O) groups excluding carboxylic acids is 1. The first-order chi connectivity index (χ1) is 8.24. The van der Waals surface area contributed by atoms with E-state index in [1.807, 2.05) is 6.26 Å². The second-order valence-corrected chi connectivity index (χ2v) is 5.96. The fraction of sp³-hybridized carbons (Fsp3) is 0.923. The summed E-state index contributed by atoms with van der Waals surface area (Å²) in [6.07, 6.45) is 10.8. The Kier molecular flexibility index (Phi) is 7.69. The van der Waals surface area contributed by atoms with E-state index in [0.29, 0.717) is 0 Å². The van der Waals surface area contributed by atoms with Gasteiger partial charge >= 0.3 is 0 Å². The molecule has 4 heteroatoms. The molecule has 0 radical (unpaired) electrons. The van der Waals surface area contributed by atoms with Crippen LogP contribution in [0.4, 0.5) is 0 Å². The van der Waals surface area contributed by atoms with Crippen molar-refractivity contribution < 1.29 is 4.79 Å². The molecule has 3 nitrogen and oxygen atoms in total. The van der Waals surface area contributed by atoms with Gasteiger partial charge in [-0.1, -0.05) is 25.7 Å². The summed E-state index contributed by atoms with van der Waals surface area (Å²) >= 11 is 1.73. The van der Waals surface area contributed by atoms with Gasteiger partial charge in [-0.3, -0.25) is 4.79 Å². The maximum Gasteiger partial charge on any atom is 0.236 e. The van der Waals surface area contributed by atoms with Gasteiger partial charge < -0.3 is 11.1 Å². The van der Waals surface area contributed by atoms with Crippen molar-refractivity contribution in [1.29, 1.82) is 0 Å². The summed E-state index contributed by atoms with van der Waals surface area (Å²) in [5.41, 5.74) is 5.78. The highest BCUT2D eigenvalue weighted by molar-refractivity contribution is 7.98. The molecule has 1 aliphatic rings. The summed E-state index contributed by atoms with van der Waals surface area (Å²) in [6.45, 7) is 0.794. The van der Waals surface area contributed by atoms with Crippen LogP contribution < -0.4 is 11.1 Å². The van der Waals surface area contributed by atoms with Gasteiger partial charge in [0.25, 0.3) is 0 Å². The Morgan fingerprint density at radius 1 is 1.47 bits per heavy atom. The molecule has 3 N–H and O–H groups in total. The Labute approximate surface area is 109 Å². The lowest BCUT2D eigenvalue weighted by molar-refractivity contribution is -0.122. The van der Waals surface area contributed by atoms with Gasteiger partial charge in [0.2, 0.25) is 5.91 Å². The first-order valence-electron chi connectivity index (χ1n) is 6.76. The smallest absolute Gasteiger partial charge is 0.236 e. The Hall–Kier alpha value is -0.220. The standard InChI is InChI=1S/C13H26N2OS/c1-17-10-8-12(14)13(16)15-9-4-7-11-5-2-3-6-11/h11-12H,2-10,14H2,1H3,(H,15,16)/t12-/m1/s1. The van der Waals surface area contributed by atoms with E-state index in [4.69, 9.17) is 5.73 Å². The quantitative estimate of drug-likeness (QED) is 0.656. The van der Waals surface area contributed by atoms with Crippen LogP contribution in [-0.4, -0.2) is 30.5 Å². The minimum absolute atomic E-state index is 0.0190. The number of nitrogens with one attached hydrogen (secondary N) is 1. The number of nitrogens with two attached hydrogens (primary N) is 1. The molecule has 0 aromatic rings. The van der Waals surface area contributed by atoms with Gasteiger partial charge in [-0.05, 0) is 37.2 Å². The summed E-state index contributed by atoms with van der Waals surface area (Å²) in [7, 11) is 0. The second kappa shape index (κ2) is 8.81. The van der Waals surface area contributed by atoms with Crippen LogP contribution in [0.25, 0.3) is 0 Å². The molecule has 0 heterocycles. The minimum Gasteiger partial charge on any atom is -0.355 e. The molecule has 1 rings (SSSR count). The highest BCUT2D eigenvalue weighted by atomic mass is 32.2. The van der Waals surface area contributed by atoms with Gasteiger partial charge in [0.1, 0.15) is 0 Å². The first kappa shape index (κ1) is 14.8. The lowest BCUT2D eigenvalue weighted by atomic mass is 10.0. The summed E-state index contributed by atoms with van der Waals surface area (Å²) in [6, 6.07) is -0.325. The van der Waals surface area contributed by atoms with Crippen LogP contribution in [0.1, 0.15) is 44.9 Å². The summed E-state index contributed by atoms with van der Waals surface area (Å²) in [4.78, 5) is 11.6. The van der Waals surface area contributed by atoms with Crippen LogP contribution in [0.2, 0.25) is 0 Å². The van der Waals surface area contributed by atoms with E-state index in [-0.39, 0.29) is 11.9 Å². The molecule has 0 bridgehead atoms. The molecule has 100 valence electrons. The van der Waals surface area contributed by atoms with Crippen molar-refractivity contribution in [2.24, 2.45) is 11.7 Å². The fourth-order valence-electron chi connectivity index (χ4n) is 2.41. The average molecular weight is 258 g/mol. The predicted octanol–water partition coefficient (Wildman–Crippen LogP) is 2.15. The van der Waals surface area contributed by atoms with Gasteiger partial charge in [-0.25, -0.2) is 0 Å². The van der Waals surface area contributed by atoms with Crippen LogP contribution in [0.15, 0.2) is 0 Å². The van der Waals surface area contributed by atoms with Crippen LogP contribution in [0.5, 0.6) is 0 Å². The lowest BCUT2D eigenvalue weighted by Crippen LogP contribution is -2.41. The average Bonchev–Trinajstić information content (AvgIpc) is 2.84. The Balaban J connectivity index is 1.98. The van der Waals surface area contributed by atoms with Crippen molar-refractivity contribution in [3.05, 3.63) is 0 Å². The molecule has 1 aliphatic carbocycles. The molecule has 0 aliphatic heterocycles. The highest BCUT2D eigenvalue weighted by Gasteiger charge is 2.15. The van der Waals surface area contributed by atoms with Gasteiger partial charge in [-0.2, -0.15) is 11.8 Å². The molecular weight excluding hydrogens is 232 g/mol. The third kappa shape index (κ3) is 6.32. The number of amides is 1. The number of rotatable bonds is 8. The van der Waals surface area contributed by atoms with Gasteiger partial charge in [-0.15, -0.1) is 0 Å². The van der Waals surface area contributed by atoms with Crippen molar-refractivity contribution in [2.75, 3.05) is 18.6 Å². The van der Waals surface area contributed by atoms with Crippen molar-refractivity contribution in [2.45, 2.75) is 51.0 Å². The molecule has 0 saturated heterocycles. The molecular formula is C13H26N2OS. The van der Waals surface area contributed by atoms with Crippen LogP contribution >= 0.6 is 11.8 Å². The van der Waals surface area contributed by atoms with Crippen LogP contribution in [0.3, 0.4) is 0 Å². The van der Waals surface area contributed by atoms with Crippen LogP contribution in [-0.2, 0) is 4.79 Å². The van der Waals surface area contributed by atoms with Gasteiger partial charge in [0, 0.05) is 6.54 Å². The minimum atomic E-state index is -0.325. The number of carbonyl (C=O) groups is 1. The summed E-state index contributed by atoms with van der Waals surface area (Å²) in [5, 5.41) is 2.94. The maximum absolute atomic E-state index is 11.6. The Morgan fingerprint density at radius 3 is 2.82 bits per heavy atom. The van der Waals surface area contributed by atoms with Gasteiger partial charge in [0.15, 0.2) is 0 Å². The van der Waals surface area contributed by atoms with E-state index in [1.165, 1.54) is 32.1 Å². The van der Waals surface area contributed by atoms with E-state index >= 15 is 0 Å². The number of hydrogen-bond acceptors (Lipinski definition) is 3. The third-order valence-corrected chi connectivity index (χ3v) is 4.18. The maximum atomic E-state index is 11.6. The predicted molar refractivity (Wildman–Crippen MR) is 75.2 cm³/mol. The molecule has 0 unspecified atom stereocenters. The van der Waals surface area contributed by atoms with E-state index in [2.05, 4.69) is 5.32 Å². The van der Waals surface area contributed by atoms with Crippen molar-refractivity contribution >= 4 is 17.7 Å². The zero-order valence-corrected chi connectivity index (χ0v) is 11.7. The molecule has 17 heavy (non-hydrogen) atoms. The van der Waals surface area contributed by atoms with E-state index < -0.39 is 0 Å². The monoisotopic (exact) mass is 258 g/mol. The molecule has 0 aromatic heterocycles. The largest absolute Gasteiger partial charge is 0.355 e. The molecule has 1 saturated carbocycles. The molecule has 0 spiro atoms. The third-order valence-electron chi connectivity index (χ3n) is 3.53. The molecule has 1 fully saturated rings. The SMILES string of the molecule is CSCC[C@@H](N)C(=O)NCCCC1CCCC1. The number of hydrogen-bond donors (Lipinski definition) is 2.